The number of hydrogen-bond donors (Lipinski definition) is 1. The maximum Gasteiger partial charge on any atom is 0.334 e. The summed E-state index contributed by atoms with van der Waals surface area (Å²) in [6, 6.07) is 11.1. The normalized spacial score (nSPS) is 11.3. The first-order valence-electron chi connectivity index (χ1n) is 11.5. The molecule has 1 aromatic carbocycles. The third-order valence-corrected chi connectivity index (χ3v) is 6.10. The van der Waals surface area contributed by atoms with Gasteiger partial charge in [-0.1, -0.05) is 37.6 Å². The number of tetrazole rings is 1. The minimum Gasteiger partial charge on any atom is -0.335 e. The predicted molar refractivity (Wildman–Crippen MR) is 130 cm³/mol. The molecule has 178 valence electrons. The number of imidazole rings is 1. The second kappa shape index (κ2) is 9.49. The van der Waals surface area contributed by atoms with E-state index in [1.807, 2.05) is 30.3 Å². The molecule has 4 heterocycles. The maximum absolute atomic E-state index is 14.5. The van der Waals surface area contributed by atoms with Gasteiger partial charge in [0.2, 0.25) is 5.82 Å². The molecule has 0 bridgehead atoms. The second-order valence-electron chi connectivity index (χ2n) is 8.41. The number of unbranched alkanes of at least 4 members (excludes halogenated alkanes) is 1. The Balaban J connectivity index is 1.54. The van der Waals surface area contributed by atoms with Gasteiger partial charge in [0.05, 0.1) is 6.54 Å². The van der Waals surface area contributed by atoms with Gasteiger partial charge in [-0.3, -0.25) is 14.1 Å². The molecule has 0 radical (unpaired) electrons. The number of aromatic nitrogens is 8. The van der Waals surface area contributed by atoms with Crippen LogP contribution in [0.5, 0.6) is 0 Å². The van der Waals surface area contributed by atoms with Gasteiger partial charge in [-0.15, -0.1) is 10.2 Å². The molecule has 0 spiro atoms. The SMILES string of the molecule is CCCCc1cn(-c2c(F)ccn2C)c(=O)n1Cc1cnccc1-c1ccc(-c2nn[nH]n2)cc1. The Bertz CT molecular complexity index is 1480. The summed E-state index contributed by atoms with van der Waals surface area (Å²) in [7, 11) is 1.73. The Morgan fingerprint density at radius 3 is 2.57 bits per heavy atom. The first-order chi connectivity index (χ1) is 17.1. The van der Waals surface area contributed by atoms with E-state index >= 15 is 0 Å². The number of aromatic amines is 1. The van der Waals surface area contributed by atoms with E-state index in [0.29, 0.717) is 12.4 Å². The maximum atomic E-state index is 14.5. The van der Waals surface area contributed by atoms with Crippen LogP contribution in [0.4, 0.5) is 4.39 Å². The Kier molecular flexibility index (Phi) is 6.09. The first-order valence-corrected chi connectivity index (χ1v) is 11.5. The molecule has 0 saturated heterocycles. The summed E-state index contributed by atoms with van der Waals surface area (Å²) in [5.74, 6) is 0.320. The Morgan fingerprint density at radius 2 is 1.89 bits per heavy atom. The molecule has 0 fully saturated rings. The van der Waals surface area contributed by atoms with Crippen molar-refractivity contribution in [2.45, 2.75) is 32.7 Å². The molecule has 4 aromatic heterocycles. The summed E-state index contributed by atoms with van der Waals surface area (Å²) in [6.07, 6.45) is 9.51. The number of hydrogen-bond acceptors (Lipinski definition) is 5. The number of nitrogens with one attached hydrogen (secondary N) is 1. The van der Waals surface area contributed by atoms with Crippen LogP contribution in [-0.4, -0.2) is 39.3 Å². The molecule has 0 unspecified atom stereocenters. The smallest absolute Gasteiger partial charge is 0.334 e. The summed E-state index contributed by atoms with van der Waals surface area (Å²) >= 11 is 0. The lowest BCUT2D eigenvalue weighted by atomic mass is 10.00. The number of halogens is 1. The summed E-state index contributed by atoms with van der Waals surface area (Å²) in [4.78, 5) is 17.8. The number of pyridine rings is 1. The minimum absolute atomic E-state index is 0.231. The molecular weight excluding hydrogens is 447 g/mol. The molecule has 0 amide bonds. The Morgan fingerprint density at radius 1 is 1.09 bits per heavy atom. The van der Waals surface area contributed by atoms with Gasteiger partial charge >= 0.3 is 5.69 Å². The van der Waals surface area contributed by atoms with Crippen molar-refractivity contribution in [3.05, 3.63) is 88.7 Å². The van der Waals surface area contributed by atoms with Gasteiger partial charge in [0, 0.05) is 43.1 Å². The fourth-order valence-electron chi connectivity index (χ4n) is 4.27. The van der Waals surface area contributed by atoms with Crippen LogP contribution in [0.25, 0.3) is 28.3 Å². The van der Waals surface area contributed by atoms with Crippen LogP contribution in [0.3, 0.4) is 0 Å². The van der Waals surface area contributed by atoms with E-state index < -0.39 is 5.82 Å². The van der Waals surface area contributed by atoms with Crippen LogP contribution in [0.1, 0.15) is 31.0 Å². The molecule has 1 N–H and O–H groups in total. The van der Waals surface area contributed by atoms with Gasteiger partial charge in [0.1, 0.15) is 0 Å². The van der Waals surface area contributed by atoms with E-state index in [0.717, 1.165) is 47.2 Å². The molecule has 0 aliphatic carbocycles. The standard InChI is InChI=1S/C25H25FN8O/c1-3-4-5-20-16-34(24-22(26)11-13-32(24)2)25(35)33(20)15-19-14-27-12-10-21(19)17-6-8-18(9-7-17)23-28-30-31-29-23/h6-14,16H,3-5,15H2,1-2H3,(H,28,29,30,31). The Hall–Kier alpha value is -4.34. The molecule has 0 aliphatic rings. The number of benzene rings is 1. The number of rotatable bonds is 8. The van der Waals surface area contributed by atoms with Crippen molar-refractivity contribution in [1.29, 1.82) is 0 Å². The van der Waals surface area contributed by atoms with Gasteiger partial charge in [-0.2, -0.15) is 5.21 Å². The van der Waals surface area contributed by atoms with Crippen molar-refractivity contribution < 1.29 is 4.39 Å². The van der Waals surface area contributed by atoms with Crippen LogP contribution in [-0.2, 0) is 20.0 Å². The van der Waals surface area contributed by atoms with Gasteiger partial charge in [0.25, 0.3) is 0 Å². The number of H-pyrrole nitrogens is 1. The van der Waals surface area contributed by atoms with Gasteiger partial charge in [-0.05, 0) is 46.9 Å². The largest absolute Gasteiger partial charge is 0.335 e. The van der Waals surface area contributed by atoms with E-state index in [1.54, 1.807) is 41.0 Å². The topological polar surface area (TPSA) is 99.2 Å². The summed E-state index contributed by atoms with van der Waals surface area (Å²) < 4.78 is 19.2. The minimum atomic E-state index is -0.433. The zero-order chi connectivity index (χ0) is 24.4. The summed E-state index contributed by atoms with van der Waals surface area (Å²) in [6.45, 7) is 2.43. The van der Waals surface area contributed by atoms with Crippen LogP contribution in [0.15, 0.2) is 66.0 Å². The molecule has 0 atom stereocenters. The summed E-state index contributed by atoms with van der Waals surface area (Å²) in [5.41, 5.74) is 4.26. The predicted octanol–water partition coefficient (Wildman–Crippen LogP) is 3.75. The van der Waals surface area contributed by atoms with Gasteiger partial charge in [0.15, 0.2) is 11.6 Å². The van der Waals surface area contributed by atoms with Crippen LogP contribution < -0.4 is 5.69 Å². The van der Waals surface area contributed by atoms with E-state index in [4.69, 9.17) is 0 Å². The highest BCUT2D eigenvalue weighted by molar-refractivity contribution is 5.69. The molecule has 5 rings (SSSR count). The third-order valence-electron chi connectivity index (χ3n) is 6.10. The summed E-state index contributed by atoms with van der Waals surface area (Å²) in [5, 5.41) is 14.1. The fraction of sp³-hybridized carbons (Fsp3) is 0.240. The molecule has 35 heavy (non-hydrogen) atoms. The average Bonchev–Trinajstić information content (AvgIpc) is 3.60. The fourth-order valence-corrected chi connectivity index (χ4v) is 4.27. The van der Waals surface area contributed by atoms with Crippen LogP contribution >= 0.6 is 0 Å². The van der Waals surface area contributed by atoms with Crippen molar-refractivity contribution in [3.8, 4) is 28.3 Å². The molecular formula is C25H25FN8O. The van der Waals surface area contributed by atoms with Crippen molar-refractivity contribution in [1.82, 2.24) is 39.3 Å². The number of nitrogens with zero attached hydrogens (tertiary/aromatic N) is 7. The van der Waals surface area contributed by atoms with Crippen molar-refractivity contribution in [2.24, 2.45) is 7.05 Å². The lowest BCUT2D eigenvalue weighted by molar-refractivity contribution is 0.604. The van der Waals surface area contributed by atoms with Crippen LogP contribution in [0.2, 0.25) is 0 Å². The lowest BCUT2D eigenvalue weighted by Crippen LogP contribution is -2.26. The Labute approximate surface area is 200 Å². The monoisotopic (exact) mass is 472 g/mol. The zero-order valence-electron chi connectivity index (χ0n) is 19.5. The molecule has 5 aromatic rings. The molecule has 10 heteroatoms. The van der Waals surface area contributed by atoms with Gasteiger partial charge < -0.3 is 4.57 Å². The van der Waals surface area contributed by atoms with Crippen molar-refractivity contribution >= 4 is 0 Å². The molecule has 0 aliphatic heterocycles. The lowest BCUT2D eigenvalue weighted by Gasteiger charge is -2.12. The van der Waals surface area contributed by atoms with E-state index in [1.165, 1.54) is 10.6 Å². The number of aryl methyl sites for hydroxylation is 2. The highest BCUT2D eigenvalue weighted by atomic mass is 19.1. The second-order valence-corrected chi connectivity index (χ2v) is 8.41. The highest BCUT2D eigenvalue weighted by Gasteiger charge is 2.19. The van der Waals surface area contributed by atoms with E-state index in [9.17, 15) is 9.18 Å². The first kappa shape index (κ1) is 22.5. The average molecular weight is 473 g/mol. The highest BCUT2D eigenvalue weighted by Crippen LogP contribution is 2.26. The van der Waals surface area contributed by atoms with Crippen LogP contribution in [0, 0.1) is 5.82 Å². The van der Waals surface area contributed by atoms with Crippen molar-refractivity contribution in [3.63, 3.8) is 0 Å². The van der Waals surface area contributed by atoms with E-state index in [-0.39, 0.29) is 11.5 Å². The molecule has 0 saturated carbocycles. The quantitative estimate of drug-likeness (QED) is 0.371. The van der Waals surface area contributed by atoms with Crippen molar-refractivity contribution in [2.75, 3.05) is 0 Å². The third kappa shape index (κ3) is 4.30. The van der Waals surface area contributed by atoms with E-state index in [2.05, 4.69) is 32.5 Å². The zero-order valence-corrected chi connectivity index (χ0v) is 19.5. The molecule has 9 nitrogen and oxygen atoms in total. The van der Waals surface area contributed by atoms with Gasteiger partial charge in [-0.25, -0.2) is 9.18 Å².